The van der Waals surface area contributed by atoms with E-state index < -0.39 is 11.8 Å². The Hall–Kier alpha value is -3.98. The van der Waals surface area contributed by atoms with Gasteiger partial charge in [-0.05, 0) is 30.8 Å². The van der Waals surface area contributed by atoms with Gasteiger partial charge in [-0.25, -0.2) is 9.97 Å². The van der Waals surface area contributed by atoms with E-state index in [2.05, 4.69) is 37.4 Å². The number of nitrogens with zero attached hydrogens (tertiary/aromatic N) is 4. The molecule has 4 heterocycles. The molecule has 0 bridgehead atoms. The van der Waals surface area contributed by atoms with E-state index in [9.17, 15) is 9.59 Å². The van der Waals surface area contributed by atoms with Crippen molar-refractivity contribution in [2.45, 2.75) is 0 Å². The quantitative estimate of drug-likeness (QED) is 0.480. The zero-order valence-electron chi connectivity index (χ0n) is 17.5. The van der Waals surface area contributed by atoms with Gasteiger partial charge in [-0.3, -0.25) is 14.9 Å². The molecule has 162 valence electrons. The second kappa shape index (κ2) is 8.27. The summed E-state index contributed by atoms with van der Waals surface area (Å²) in [5, 5.41) is 5.47. The van der Waals surface area contributed by atoms with Crippen molar-refractivity contribution in [2.75, 3.05) is 43.4 Å². The summed E-state index contributed by atoms with van der Waals surface area (Å²) in [6.45, 7) is 3.72. The van der Waals surface area contributed by atoms with Crippen molar-refractivity contribution < 1.29 is 14.0 Å². The number of benzene rings is 1. The van der Waals surface area contributed by atoms with E-state index in [0.29, 0.717) is 28.3 Å². The number of anilines is 2. The van der Waals surface area contributed by atoms with Crippen molar-refractivity contribution in [2.24, 2.45) is 0 Å². The number of amides is 2. The van der Waals surface area contributed by atoms with Crippen molar-refractivity contribution in [3.8, 4) is 11.1 Å². The first-order valence-electron chi connectivity index (χ1n) is 10.3. The van der Waals surface area contributed by atoms with Crippen LogP contribution in [-0.2, 0) is 4.79 Å². The number of imide groups is 1. The highest BCUT2D eigenvalue weighted by molar-refractivity contribution is 6.31. The molecular weight excluding hydrogens is 408 g/mol. The number of hydrogen-bond acceptors (Lipinski definition) is 8. The van der Waals surface area contributed by atoms with Crippen molar-refractivity contribution >= 4 is 29.0 Å². The molecule has 9 nitrogen and oxygen atoms in total. The molecule has 0 unspecified atom stereocenters. The van der Waals surface area contributed by atoms with Crippen LogP contribution in [0, 0.1) is 0 Å². The molecule has 3 aromatic rings. The Balaban J connectivity index is 1.39. The van der Waals surface area contributed by atoms with Gasteiger partial charge in [0, 0.05) is 49.1 Å². The van der Waals surface area contributed by atoms with Crippen molar-refractivity contribution in [3.63, 3.8) is 0 Å². The van der Waals surface area contributed by atoms with Crippen molar-refractivity contribution in [3.05, 3.63) is 66.5 Å². The molecule has 32 heavy (non-hydrogen) atoms. The Morgan fingerprint density at radius 1 is 1.00 bits per heavy atom. The predicted octanol–water partition coefficient (Wildman–Crippen LogP) is 2.21. The summed E-state index contributed by atoms with van der Waals surface area (Å²) >= 11 is 0. The highest BCUT2D eigenvalue weighted by atomic mass is 16.3. The third kappa shape index (κ3) is 3.85. The highest BCUT2D eigenvalue weighted by Gasteiger charge is 2.27. The van der Waals surface area contributed by atoms with Gasteiger partial charge in [0.1, 0.15) is 0 Å². The molecular formula is C23H22N6O3. The van der Waals surface area contributed by atoms with Gasteiger partial charge < -0.3 is 19.5 Å². The SMILES string of the molecule is CN1CCN(c2ncc(N/C=C3\C(=O)NC(=O)c4ccc(-c5ccoc5)cc43)cn2)CC1. The van der Waals surface area contributed by atoms with Crippen LogP contribution in [-0.4, -0.2) is 59.9 Å². The Morgan fingerprint density at radius 2 is 1.78 bits per heavy atom. The number of carbonyl (C=O) groups is 2. The topological polar surface area (TPSA) is 104 Å². The van der Waals surface area contributed by atoms with Crippen LogP contribution in [0.4, 0.5) is 11.6 Å². The van der Waals surface area contributed by atoms with E-state index in [1.165, 1.54) is 0 Å². The number of rotatable bonds is 4. The first-order valence-corrected chi connectivity index (χ1v) is 10.3. The van der Waals surface area contributed by atoms with Gasteiger partial charge in [0.15, 0.2) is 0 Å². The van der Waals surface area contributed by atoms with Gasteiger partial charge in [0.2, 0.25) is 5.95 Å². The van der Waals surface area contributed by atoms with E-state index in [4.69, 9.17) is 4.42 Å². The number of hydrogen-bond donors (Lipinski definition) is 2. The predicted molar refractivity (Wildman–Crippen MR) is 120 cm³/mol. The lowest BCUT2D eigenvalue weighted by Crippen LogP contribution is -2.45. The minimum atomic E-state index is -0.464. The monoisotopic (exact) mass is 430 g/mol. The zero-order valence-corrected chi connectivity index (χ0v) is 17.5. The maximum atomic E-state index is 12.6. The molecule has 2 N–H and O–H groups in total. The van der Waals surface area contributed by atoms with Gasteiger partial charge in [-0.2, -0.15) is 0 Å². The first-order chi connectivity index (χ1) is 15.6. The van der Waals surface area contributed by atoms with Crippen LogP contribution in [0.2, 0.25) is 0 Å². The molecule has 2 amide bonds. The van der Waals surface area contributed by atoms with Crippen LogP contribution in [0.25, 0.3) is 16.7 Å². The van der Waals surface area contributed by atoms with E-state index in [0.717, 1.165) is 37.3 Å². The summed E-state index contributed by atoms with van der Waals surface area (Å²) in [4.78, 5) is 38.2. The van der Waals surface area contributed by atoms with Gasteiger partial charge >= 0.3 is 0 Å². The third-order valence-corrected chi connectivity index (χ3v) is 5.69. The second-order valence-electron chi connectivity index (χ2n) is 7.82. The van der Waals surface area contributed by atoms with Crippen LogP contribution in [0.3, 0.4) is 0 Å². The number of nitrogens with one attached hydrogen (secondary N) is 2. The molecule has 1 fully saturated rings. The first kappa shape index (κ1) is 20.0. The summed E-state index contributed by atoms with van der Waals surface area (Å²) in [5.74, 6) is -0.192. The van der Waals surface area contributed by atoms with Gasteiger partial charge in [0.05, 0.1) is 36.2 Å². The molecule has 0 atom stereocenters. The normalized spacial score (nSPS) is 17.9. The second-order valence-corrected chi connectivity index (χ2v) is 7.82. The molecule has 0 saturated carbocycles. The van der Waals surface area contributed by atoms with Gasteiger partial charge in [0.25, 0.3) is 11.8 Å². The van der Waals surface area contributed by atoms with E-state index in [-0.39, 0.29) is 0 Å². The Labute approximate surface area is 184 Å². The zero-order chi connectivity index (χ0) is 22.1. The smallest absolute Gasteiger partial charge is 0.260 e. The Kier molecular flexibility index (Phi) is 5.16. The minimum Gasteiger partial charge on any atom is -0.472 e. The van der Waals surface area contributed by atoms with Crippen LogP contribution in [0.1, 0.15) is 15.9 Å². The average Bonchev–Trinajstić information content (AvgIpc) is 3.35. The standard InChI is InChI=1S/C23H22N6O3/c1-28-5-7-29(8-6-28)23-25-11-17(12-26-23)24-13-20-19-10-15(16-4-9-32-14-16)2-3-18(19)21(30)27-22(20)31/h2-4,9-14,24H,5-8H2,1H3,(H,27,30,31)/b20-13-. The maximum Gasteiger partial charge on any atom is 0.260 e. The maximum absolute atomic E-state index is 12.6. The number of furan rings is 1. The summed E-state index contributed by atoms with van der Waals surface area (Å²) in [6, 6.07) is 7.18. The fourth-order valence-electron chi connectivity index (χ4n) is 3.80. The molecule has 0 aliphatic carbocycles. The lowest BCUT2D eigenvalue weighted by atomic mass is 9.92. The number of carbonyl (C=O) groups excluding carboxylic acids is 2. The lowest BCUT2D eigenvalue weighted by Gasteiger charge is -2.32. The lowest BCUT2D eigenvalue weighted by molar-refractivity contribution is -0.114. The molecule has 1 saturated heterocycles. The van der Waals surface area contributed by atoms with Crippen LogP contribution >= 0.6 is 0 Å². The van der Waals surface area contributed by atoms with E-state index in [1.807, 2.05) is 18.2 Å². The van der Waals surface area contributed by atoms with E-state index in [1.54, 1.807) is 37.2 Å². The van der Waals surface area contributed by atoms with E-state index >= 15 is 0 Å². The fourth-order valence-corrected chi connectivity index (χ4v) is 3.80. The van der Waals surface area contributed by atoms with Crippen LogP contribution < -0.4 is 15.5 Å². The summed E-state index contributed by atoms with van der Waals surface area (Å²) in [6.07, 6.45) is 8.15. The number of fused-ring (bicyclic) bond motifs is 1. The number of piperazine rings is 1. The molecule has 2 aliphatic rings. The molecule has 2 aliphatic heterocycles. The molecule has 0 radical (unpaired) electrons. The number of likely N-dealkylation sites (N-methyl/N-ethyl adjacent to an activating group) is 1. The van der Waals surface area contributed by atoms with Crippen LogP contribution in [0.15, 0.2) is 59.8 Å². The average molecular weight is 430 g/mol. The van der Waals surface area contributed by atoms with Gasteiger partial charge in [-0.15, -0.1) is 0 Å². The van der Waals surface area contributed by atoms with Crippen molar-refractivity contribution in [1.29, 1.82) is 0 Å². The molecule has 2 aromatic heterocycles. The molecule has 9 heteroatoms. The molecule has 1 aromatic carbocycles. The van der Waals surface area contributed by atoms with Crippen molar-refractivity contribution in [1.82, 2.24) is 20.2 Å². The molecule has 5 rings (SSSR count). The fraction of sp³-hybridized carbons (Fsp3) is 0.217. The largest absolute Gasteiger partial charge is 0.472 e. The third-order valence-electron chi connectivity index (χ3n) is 5.69. The molecule has 0 spiro atoms. The summed E-state index contributed by atoms with van der Waals surface area (Å²) in [5.41, 5.74) is 3.71. The highest BCUT2D eigenvalue weighted by Crippen LogP contribution is 2.30. The Morgan fingerprint density at radius 3 is 2.50 bits per heavy atom. The summed E-state index contributed by atoms with van der Waals surface area (Å²) < 4.78 is 5.15. The number of aromatic nitrogens is 2. The minimum absolute atomic E-state index is 0.355. The van der Waals surface area contributed by atoms with Crippen LogP contribution in [0.5, 0.6) is 0 Å². The Bertz CT molecular complexity index is 1180. The summed E-state index contributed by atoms with van der Waals surface area (Å²) in [7, 11) is 2.10. The van der Waals surface area contributed by atoms with Gasteiger partial charge in [-0.1, -0.05) is 6.07 Å².